The van der Waals surface area contributed by atoms with Gasteiger partial charge < -0.3 is 19.4 Å². The van der Waals surface area contributed by atoms with Crippen LogP contribution in [-0.2, 0) is 11.3 Å². The normalized spacial score (nSPS) is 13.3. The average molecular weight is 356 g/mol. The molecule has 1 saturated carbocycles. The minimum Gasteiger partial charge on any atom is -0.497 e. The second kappa shape index (κ2) is 8.56. The van der Waals surface area contributed by atoms with Crippen molar-refractivity contribution in [1.82, 2.24) is 10.2 Å². The number of nitrogens with one attached hydrogen (secondary N) is 1. The van der Waals surface area contributed by atoms with Crippen LogP contribution >= 0.6 is 0 Å². The molecule has 1 heterocycles. The molecule has 0 aliphatic heterocycles. The van der Waals surface area contributed by atoms with Gasteiger partial charge in [-0.05, 0) is 49.1 Å². The molecule has 1 N–H and O–H groups in total. The lowest BCUT2D eigenvalue weighted by molar-refractivity contribution is -0.132. The van der Waals surface area contributed by atoms with Gasteiger partial charge in [-0.1, -0.05) is 12.1 Å². The fourth-order valence-electron chi connectivity index (χ4n) is 2.81. The maximum Gasteiger partial charge on any atom is 0.286 e. The molecule has 0 spiro atoms. The van der Waals surface area contributed by atoms with E-state index in [9.17, 15) is 9.59 Å². The summed E-state index contributed by atoms with van der Waals surface area (Å²) in [6.07, 6.45) is 4.63. The van der Waals surface area contributed by atoms with Crippen LogP contribution in [0.3, 0.4) is 0 Å². The van der Waals surface area contributed by atoms with E-state index >= 15 is 0 Å². The summed E-state index contributed by atoms with van der Waals surface area (Å²) in [5.74, 6) is 0.982. The van der Waals surface area contributed by atoms with Gasteiger partial charge in [-0.25, -0.2) is 0 Å². The van der Waals surface area contributed by atoms with Crippen LogP contribution in [0.5, 0.6) is 5.75 Å². The topological polar surface area (TPSA) is 71.8 Å². The third kappa shape index (κ3) is 4.88. The van der Waals surface area contributed by atoms with Gasteiger partial charge in [-0.15, -0.1) is 0 Å². The lowest BCUT2D eigenvalue weighted by Gasteiger charge is -2.23. The Balaban J connectivity index is 1.45. The number of hydrogen-bond acceptors (Lipinski definition) is 4. The smallest absolute Gasteiger partial charge is 0.286 e. The zero-order chi connectivity index (χ0) is 18.4. The molecule has 1 aliphatic carbocycles. The zero-order valence-corrected chi connectivity index (χ0v) is 14.9. The number of furan rings is 1. The van der Waals surface area contributed by atoms with Crippen LogP contribution in [0.25, 0.3) is 0 Å². The number of hydrogen-bond donors (Lipinski definition) is 1. The van der Waals surface area contributed by atoms with Crippen LogP contribution in [0.1, 0.15) is 41.8 Å². The monoisotopic (exact) mass is 356 g/mol. The number of methoxy groups -OCH3 is 1. The van der Waals surface area contributed by atoms with Crippen molar-refractivity contribution in [2.75, 3.05) is 13.7 Å². The Morgan fingerprint density at radius 2 is 2.00 bits per heavy atom. The average Bonchev–Trinajstić information content (AvgIpc) is 3.35. The summed E-state index contributed by atoms with van der Waals surface area (Å²) in [5, 5.41) is 2.77. The molecule has 1 aromatic heterocycles. The number of ether oxygens (including phenoxy) is 1. The van der Waals surface area contributed by atoms with Crippen LogP contribution in [0, 0.1) is 0 Å². The SMILES string of the molecule is COc1ccc(CN(C(=O)CCCNC(=O)c2ccco2)C2CC2)cc1. The summed E-state index contributed by atoms with van der Waals surface area (Å²) in [6.45, 7) is 1.07. The highest BCUT2D eigenvalue weighted by Gasteiger charge is 2.32. The molecular weight excluding hydrogens is 332 g/mol. The molecule has 0 bridgehead atoms. The minimum absolute atomic E-state index is 0.135. The van der Waals surface area contributed by atoms with Gasteiger partial charge in [0.05, 0.1) is 13.4 Å². The molecule has 0 unspecified atom stereocenters. The first kappa shape index (κ1) is 18.0. The number of benzene rings is 1. The third-order valence-corrected chi connectivity index (χ3v) is 4.42. The van der Waals surface area contributed by atoms with Gasteiger partial charge >= 0.3 is 0 Å². The van der Waals surface area contributed by atoms with Crippen molar-refractivity contribution in [2.45, 2.75) is 38.3 Å². The van der Waals surface area contributed by atoms with Crippen molar-refractivity contribution in [2.24, 2.45) is 0 Å². The largest absolute Gasteiger partial charge is 0.497 e. The number of amides is 2. The second-order valence-electron chi connectivity index (χ2n) is 6.44. The molecule has 2 amide bonds. The van der Waals surface area contributed by atoms with E-state index in [0.717, 1.165) is 24.2 Å². The summed E-state index contributed by atoms with van der Waals surface area (Å²) in [7, 11) is 1.64. The molecule has 0 radical (unpaired) electrons. The fourth-order valence-corrected chi connectivity index (χ4v) is 2.81. The van der Waals surface area contributed by atoms with Gasteiger partial charge in [-0.3, -0.25) is 9.59 Å². The van der Waals surface area contributed by atoms with Gasteiger partial charge in [0.1, 0.15) is 5.75 Å². The van der Waals surface area contributed by atoms with E-state index in [1.54, 1.807) is 19.2 Å². The van der Waals surface area contributed by atoms with Crippen molar-refractivity contribution in [3.05, 3.63) is 54.0 Å². The summed E-state index contributed by atoms with van der Waals surface area (Å²) in [6, 6.07) is 11.4. The first-order chi connectivity index (χ1) is 12.7. The summed E-state index contributed by atoms with van der Waals surface area (Å²) in [5.41, 5.74) is 1.09. The van der Waals surface area contributed by atoms with Crippen LogP contribution in [0.15, 0.2) is 47.1 Å². The van der Waals surface area contributed by atoms with Crippen molar-refractivity contribution in [3.8, 4) is 5.75 Å². The van der Waals surface area contributed by atoms with E-state index in [-0.39, 0.29) is 17.6 Å². The molecule has 1 aromatic carbocycles. The van der Waals surface area contributed by atoms with E-state index in [1.165, 1.54) is 6.26 Å². The van der Waals surface area contributed by atoms with Crippen molar-refractivity contribution >= 4 is 11.8 Å². The Bertz CT molecular complexity index is 721. The molecule has 3 rings (SSSR count). The molecule has 0 atom stereocenters. The molecule has 1 fully saturated rings. The first-order valence-electron chi connectivity index (χ1n) is 8.91. The molecule has 2 aromatic rings. The highest BCUT2D eigenvalue weighted by molar-refractivity contribution is 5.91. The maximum atomic E-state index is 12.6. The Morgan fingerprint density at radius 1 is 1.23 bits per heavy atom. The summed E-state index contributed by atoms with van der Waals surface area (Å²) >= 11 is 0. The maximum absolute atomic E-state index is 12.6. The van der Waals surface area contributed by atoms with Gasteiger partial charge in [0.2, 0.25) is 5.91 Å². The van der Waals surface area contributed by atoms with E-state index in [0.29, 0.717) is 32.0 Å². The van der Waals surface area contributed by atoms with Gasteiger partial charge in [0, 0.05) is 25.6 Å². The van der Waals surface area contributed by atoms with Crippen LogP contribution in [0.4, 0.5) is 0 Å². The van der Waals surface area contributed by atoms with Crippen molar-refractivity contribution < 1.29 is 18.7 Å². The quantitative estimate of drug-likeness (QED) is 0.701. The lowest BCUT2D eigenvalue weighted by atomic mass is 10.2. The number of carbonyl (C=O) groups excluding carboxylic acids is 2. The third-order valence-electron chi connectivity index (χ3n) is 4.42. The molecule has 26 heavy (non-hydrogen) atoms. The first-order valence-corrected chi connectivity index (χ1v) is 8.91. The molecule has 1 aliphatic rings. The predicted molar refractivity (Wildman–Crippen MR) is 96.8 cm³/mol. The fraction of sp³-hybridized carbons (Fsp3) is 0.400. The Labute approximate surface area is 153 Å². The molecule has 138 valence electrons. The highest BCUT2D eigenvalue weighted by Crippen LogP contribution is 2.29. The van der Waals surface area contributed by atoms with Gasteiger partial charge in [0.25, 0.3) is 5.91 Å². The predicted octanol–water partition coefficient (Wildman–Crippen LogP) is 2.99. The van der Waals surface area contributed by atoms with Gasteiger partial charge in [-0.2, -0.15) is 0 Å². The Morgan fingerprint density at radius 3 is 2.62 bits per heavy atom. The summed E-state index contributed by atoms with van der Waals surface area (Å²) in [4.78, 5) is 26.3. The van der Waals surface area contributed by atoms with E-state index < -0.39 is 0 Å². The van der Waals surface area contributed by atoms with Crippen molar-refractivity contribution in [3.63, 3.8) is 0 Å². The standard InChI is InChI=1S/C20H24N2O4/c1-25-17-10-6-15(7-11-17)14-22(16-8-9-16)19(23)5-2-12-21-20(24)18-4-3-13-26-18/h3-4,6-7,10-11,13,16H,2,5,8-9,12,14H2,1H3,(H,21,24). The molecule has 6 nitrogen and oxygen atoms in total. The Hall–Kier alpha value is -2.76. The Kier molecular flexibility index (Phi) is 5.94. The highest BCUT2D eigenvalue weighted by atomic mass is 16.5. The van der Waals surface area contributed by atoms with Crippen LogP contribution < -0.4 is 10.1 Å². The van der Waals surface area contributed by atoms with Crippen LogP contribution in [0.2, 0.25) is 0 Å². The van der Waals surface area contributed by atoms with E-state index in [4.69, 9.17) is 9.15 Å². The minimum atomic E-state index is -0.250. The molecule has 6 heteroatoms. The summed E-state index contributed by atoms with van der Waals surface area (Å²) < 4.78 is 10.2. The lowest BCUT2D eigenvalue weighted by Crippen LogP contribution is -2.33. The van der Waals surface area contributed by atoms with E-state index in [2.05, 4.69) is 5.32 Å². The second-order valence-corrected chi connectivity index (χ2v) is 6.44. The molecular formula is C20H24N2O4. The zero-order valence-electron chi connectivity index (χ0n) is 14.9. The number of nitrogens with zero attached hydrogens (tertiary/aromatic N) is 1. The number of carbonyl (C=O) groups is 2. The van der Waals surface area contributed by atoms with Crippen LogP contribution in [-0.4, -0.2) is 36.4 Å². The number of rotatable bonds is 9. The van der Waals surface area contributed by atoms with Crippen molar-refractivity contribution in [1.29, 1.82) is 0 Å². The molecule has 0 saturated heterocycles. The van der Waals surface area contributed by atoms with E-state index in [1.807, 2.05) is 29.2 Å². The van der Waals surface area contributed by atoms with Gasteiger partial charge in [0.15, 0.2) is 5.76 Å².